The van der Waals surface area contributed by atoms with Crippen molar-refractivity contribution in [1.29, 1.82) is 0 Å². The molecule has 0 bridgehead atoms. The van der Waals surface area contributed by atoms with Gasteiger partial charge in [-0.05, 0) is 50.0 Å². The fourth-order valence-corrected chi connectivity index (χ4v) is 2.66. The Bertz CT molecular complexity index is 337. The Morgan fingerprint density at radius 3 is 3.00 bits per heavy atom. The zero-order chi connectivity index (χ0) is 11.4. The van der Waals surface area contributed by atoms with Crippen molar-refractivity contribution in [3.8, 4) is 5.75 Å². The van der Waals surface area contributed by atoms with Crippen molar-refractivity contribution in [2.45, 2.75) is 38.6 Å². The van der Waals surface area contributed by atoms with Crippen LogP contribution in [0.25, 0.3) is 0 Å². The molecule has 0 aliphatic carbocycles. The first-order valence-electron chi connectivity index (χ1n) is 6.31. The van der Waals surface area contributed by atoms with E-state index in [-0.39, 0.29) is 0 Å². The lowest BCUT2D eigenvalue weighted by molar-refractivity contribution is 0.155. The first kappa shape index (κ1) is 11.5. The summed E-state index contributed by atoms with van der Waals surface area (Å²) in [5, 5.41) is 9.45. The maximum Gasteiger partial charge on any atom is 0.115 e. The van der Waals surface area contributed by atoms with Gasteiger partial charge in [-0.1, -0.05) is 25.5 Å². The SMILES string of the molecule is CCN1CCCC[C@H]1Cc1cccc(O)c1. The second kappa shape index (κ2) is 5.35. The Balaban J connectivity index is 2.02. The molecule has 1 saturated heterocycles. The number of piperidine rings is 1. The number of nitrogens with zero attached hydrogens (tertiary/aromatic N) is 1. The second-order valence-electron chi connectivity index (χ2n) is 4.65. The van der Waals surface area contributed by atoms with E-state index in [0.717, 1.165) is 13.0 Å². The van der Waals surface area contributed by atoms with E-state index in [2.05, 4.69) is 17.9 Å². The van der Waals surface area contributed by atoms with Crippen LogP contribution in [0.5, 0.6) is 5.75 Å². The third-order valence-corrected chi connectivity index (χ3v) is 3.54. The van der Waals surface area contributed by atoms with Gasteiger partial charge in [0.15, 0.2) is 0 Å². The number of phenols is 1. The minimum Gasteiger partial charge on any atom is -0.508 e. The van der Waals surface area contributed by atoms with Gasteiger partial charge in [-0.25, -0.2) is 0 Å². The largest absolute Gasteiger partial charge is 0.508 e. The molecule has 2 rings (SSSR count). The summed E-state index contributed by atoms with van der Waals surface area (Å²) in [7, 11) is 0. The number of hydrogen-bond acceptors (Lipinski definition) is 2. The van der Waals surface area contributed by atoms with Gasteiger partial charge in [-0.15, -0.1) is 0 Å². The maximum absolute atomic E-state index is 9.45. The molecule has 1 aromatic carbocycles. The highest BCUT2D eigenvalue weighted by molar-refractivity contribution is 5.27. The monoisotopic (exact) mass is 219 g/mol. The molecule has 0 unspecified atom stereocenters. The quantitative estimate of drug-likeness (QED) is 0.845. The van der Waals surface area contributed by atoms with E-state index in [9.17, 15) is 5.11 Å². The Morgan fingerprint density at radius 1 is 1.38 bits per heavy atom. The van der Waals surface area contributed by atoms with Gasteiger partial charge < -0.3 is 10.0 Å². The molecular weight excluding hydrogens is 198 g/mol. The Kier molecular flexibility index (Phi) is 3.83. The lowest BCUT2D eigenvalue weighted by Gasteiger charge is -2.35. The average Bonchev–Trinajstić information content (AvgIpc) is 2.30. The van der Waals surface area contributed by atoms with Crippen LogP contribution in [0.2, 0.25) is 0 Å². The summed E-state index contributed by atoms with van der Waals surface area (Å²) in [6.45, 7) is 4.62. The molecule has 2 heteroatoms. The zero-order valence-electron chi connectivity index (χ0n) is 10.0. The molecule has 0 spiro atoms. The first-order valence-corrected chi connectivity index (χ1v) is 6.31. The summed E-state index contributed by atoms with van der Waals surface area (Å²) in [5.41, 5.74) is 1.25. The average molecular weight is 219 g/mol. The molecule has 16 heavy (non-hydrogen) atoms. The fraction of sp³-hybridized carbons (Fsp3) is 0.571. The molecule has 0 amide bonds. The topological polar surface area (TPSA) is 23.5 Å². The van der Waals surface area contributed by atoms with Gasteiger partial charge in [-0.2, -0.15) is 0 Å². The smallest absolute Gasteiger partial charge is 0.115 e. The van der Waals surface area contributed by atoms with Crippen molar-refractivity contribution in [3.05, 3.63) is 29.8 Å². The third kappa shape index (κ3) is 2.76. The Labute approximate surface area is 97.9 Å². The van der Waals surface area contributed by atoms with Crippen LogP contribution in [0.3, 0.4) is 0 Å². The predicted molar refractivity (Wildman–Crippen MR) is 66.7 cm³/mol. The van der Waals surface area contributed by atoms with Gasteiger partial charge >= 0.3 is 0 Å². The standard InChI is InChI=1S/C14H21NO/c1-2-15-9-4-3-7-13(15)10-12-6-5-8-14(16)11-12/h5-6,8,11,13,16H,2-4,7,9-10H2,1H3/t13-/m0/s1. The first-order chi connectivity index (χ1) is 7.79. The van der Waals surface area contributed by atoms with E-state index in [1.807, 2.05) is 12.1 Å². The van der Waals surface area contributed by atoms with Gasteiger partial charge in [0.2, 0.25) is 0 Å². The van der Waals surface area contributed by atoms with Crippen LogP contribution >= 0.6 is 0 Å². The van der Waals surface area contributed by atoms with E-state index in [1.54, 1.807) is 6.07 Å². The summed E-state index contributed by atoms with van der Waals surface area (Å²) >= 11 is 0. The minimum atomic E-state index is 0.386. The number of benzene rings is 1. The molecule has 1 aliphatic rings. The highest BCUT2D eigenvalue weighted by atomic mass is 16.3. The Morgan fingerprint density at radius 2 is 2.25 bits per heavy atom. The van der Waals surface area contributed by atoms with Crippen LogP contribution < -0.4 is 0 Å². The van der Waals surface area contributed by atoms with Crippen molar-refractivity contribution in [2.24, 2.45) is 0 Å². The highest BCUT2D eigenvalue weighted by Gasteiger charge is 2.20. The predicted octanol–water partition coefficient (Wildman–Crippen LogP) is 2.81. The van der Waals surface area contributed by atoms with Crippen molar-refractivity contribution in [1.82, 2.24) is 4.90 Å². The molecule has 1 aromatic rings. The number of likely N-dealkylation sites (N-methyl/N-ethyl adjacent to an activating group) is 1. The van der Waals surface area contributed by atoms with Crippen molar-refractivity contribution in [2.75, 3.05) is 13.1 Å². The molecule has 1 heterocycles. The lowest BCUT2D eigenvalue weighted by Crippen LogP contribution is -2.40. The molecule has 88 valence electrons. The molecule has 1 atom stereocenters. The molecule has 0 radical (unpaired) electrons. The number of aromatic hydroxyl groups is 1. The van der Waals surface area contributed by atoms with Crippen molar-refractivity contribution >= 4 is 0 Å². The Hall–Kier alpha value is -1.02. The van der Waals surface area contributed by atoms with Gasteiger partial charge in [0.25, 0.3) is 0 Å². The van der Waals surface area contributed by atoms with Gasteiger partial charge in [0.05, 0.1) is 0 Å². The van der Waals surface area contributed by atoms with Crippen LogP contribution in [-0.4, -0.2) is 29.1 Å². The summed E-state index contributed by atoms with van der Waals surface area (Å²) in [6, 6.07) is 8.34. The van der Waals surface area contributed by atoms with Crippen LogP contribution in [0.4, 0.5) is 0 Å². The highest BCUT2D eigenvalue weighted by Crippen LogP contribution is 2.21. The third-order valence-electron chi connectivity index (χ3n) is 3.54. The summed E-state index contributed by atoms with van der Waals surface area (Å²) in [5.74, 6) is 0.386. The van der Waals surface area contributed by atoms with Crippen molar-refractivity contribution in [3.63, 3.8) is 0 Å². The molecule has 2 nitrogen and oxygen atoms in total. The number of phenolic OH excluding ortho intramolecular Hbond substituents is 1. The minimum absolute atomic E-state index is 0.386. The van der Waals surface area contributed by atoms with Gasteiger partial charge in [-0.3, -0.25) is 0 Å². The summed E-state index contributed by atoms with van der Waals surface area (Å²) in [6.07, 6.45) is 5.05. The lowest BCUT2D eigenvalue weighted by atomic mass is 9.95. The molecule has 1 fully saturated rings. The number of hydrogen-bond donors (Lipinski definition) is 1. The van der Waals surface area contributed by atoms with E-state index in [0.29, 0.717) is 11.8 Å². The van der Waals surface area contributed by atoms with Crippen LogP contribution in [0.15, 0.2) is 24.3 Å². The molecular formula is C14H21NO. The number of rotatable bonds is 3. The molecule has 0 saturated carbocycles. The summed E-state index contributed by atoms with van der Waals surface area (Å²) in [4.78, 5) is 2.56. The molecule has 0 aromatic heterocycles. The van der Waals surface area contributed by atoms with E-state index in [1.165, 1.54) is 31.4 Å². The summed E-state index contributed by atoms with van der Waals surface area (Å²) < 4.78 is 0. The van der Waals surface area contributed by atoms with Crippen LogP contribution in [0.1, 0.15) is 31.7 Å². The van der Waals surface area contributed by atoms with Gasteiger partial charge in [0, 0.05) is 6.04 Å². The van der Waals surface area contributed by atoms with E-state index in [4.69, 9.17) is 0 Å². The van der Waals surface area contributed by atoms with Crippen LogP contribution in [0, 0.1) is 0 Å². The second-order valence-corrected chi connectivity index (χ2v) is 4.65. The van der Waals surface area contributed by atoms with Crippen LogP contribution in [-0.2, 0) is 6.42 Å². The maximum atomic E-state index is 9.45. The normalized spacial score (nSPS) is 22.2. The van der Waals surface area contributed by atoms with Crippen molar-refractivity contribution < 1.29 is 5.11 Å². The molecule has 1 N–H and O–H groups in total. The fourth-order valence-electron chi connectivity index (χ4n) is 2.66. The number of likely N-dealkylation sites (tertiary alicyclic amines) is 1. The molecule has 1 aliphatic heterocycles. The van der Waals surface area contributed by atoms with Gasteiger partial charge in [0.1, 0.15) is 5.75 Å². The van der Waals surface area contributed by atoms with E-state index >= 15 is 0 Å². The van der Waals surface area contributed by atoms with E-state index < -0.39 is 0 Å². The zero-order valence-corrected chi connectivity index (χ0v) is 10.0.